The van der Waals surface area contributed by atoms with Crippen LogP contribution in [0.3, 0.4) is 0 Å². The topological polar surface area (TPSA) is 66.5 Å². The second-order valence-electron chi connectivity index (χ2n) is 7.08. The molecule has 0 aromatic heterocycles. The molecule has 0 bridgehead atoms. The number of alkyl halides is 2. The standard InChI is InChI=1S/C24H22Cl2N2O3/c25-23(26)24(31)27-12-11-21(29)28-15-19(13-17-7-3-1-4-8-17)22(30)20(16-28)14-18-9-5-2-6-10-18/h1-10,13-14,23H,11-12,15-16H2,(H,27,31)/b19-13+,20-14+. The molecule has 7 heteroatoms. The van der Waals surface area contributed by atoms with E-state index in [1.807, 2.05) is 72.8 Å². The van der Waals surface area contributed by atoms with Crippen LogP contribution in [-0.4, -0.2) is 47.0 Å². The smallest absolute Gasteiger partial charge is 0.253 e. The molecular formula is C24H22Cl2N2O3. The number of carbonyl (C=O) groups is 3. The quantitative estimate of drug-likeness (QED) is 0.529. The van der Waals surface area contributed by atoms with E-state index in [4.69, 9.17) is 23.2 Å². The molecule has 1 N–H and O–H groups in total. The predicted octanol–water partition coefficient (Wildman–Crippen LogP) is 3.87. The SMILES string of the molecule is O=C1/C(=C/c2ccccc2)CN(C(=O)CCNC(=O)C(Cl)Cl)C/C1=C\c1ccccc1. The van der Waals surface area contributed by atoms with E-state index in [-0.39, 0.29) is 37.7 Å². The largest absolute Gasteiger partial charge is 0.353 e. The van der Waals surface area contributed by atoms with Gasteiger partial charge in [-0.15, -0.1) is 0 Å². The maximum atomic E-state index is 13.1. The van der Waals surface area contributed by atoms with Crippen molar-refractivity contribution in [3.63, 3.8) is 0 Å². The number of Topliss-reactive ketones (excluding diaryl/α,β-unsaturated/α-hetero) is 1. The molecule has 0 radical (unpaired) electrons. The summed E-state index contributed by atoms with van der Waals surface area (Å²) in [6.45, 7) is 0.536. The summed E-state index contributed by atoms with van der Waals surface area (Å²) >= 11 is 11.0. The summed E-state index contributed by atoms with van der Waals surface area (Å²) in [6, 6.07) is 19.0. The van der Waals surface area contributed by atoms with Crippen LogP contribution in [0.25, 0.3) is 12.2 Å². The van der Waals surface area contributed by atoms with E-state index in [2.05, 4.69) is 5.32 Å². The first-order chi connectivity index (χ1) is 14.9. The molecule has 31 heavy (non-hydrogen) atoms. The van der Waals surface area contributed by atoms with Gasteiger partial charge in [0.25, 0.3) is 5.91 Å². The Kier molecular flexibility index (Phi) is 8.04. The Bertz CT molecular complexity index is 940. The second kappa shape index (κ2) is 10.9. The zero-order chi connectivity index (χ0) is 22.2. The maximum absolute atomic E-state index is 13.1. The summed E-state index contributed by atoms with van der Waals surface area (Å²) in [5, 5.41) is 2.52. The zero-order valence-corrected chi connectivity index (χ0v) is 18.3. The summed E-state index contributed by atoms with van der Waals surface area (Å²) < 4.78 is 0. The fraction of sp³-hybridized carbons (Fsp3) is 0.208. The molecular weight excluding hydrogens is 435 g/mol. The first kappa shape index (κ1) is 22.8. The average Bonchev–Trinajstić information content (AvgIpc) is 2.77. The number of nitrogens with one attached hydrogen (secondary N) is 1. The Labute approximate surface area is 191 Å². The van der Waals surface area contributed by atoms with Gasteiger partial charge in [0, 0.05) is 37.2 Å². The number of halogens is 2. The molecule has 1 aliphatic heterocycles. The number of ketones is 1. The lowest BCUT2D eigenvalue weighted by molar-refractivity contribution is -0.131. The number of rotatable bonds is 6. The molecule has 1 aliphatic rings. The van der Waals surface area contributed by atoms with Crippen molar-refractivity contribution in [3.8, 4) is 0 Å². The highest BCUT2D eigenvalue weighted by molar-refractivity contribution is 6.53. The van der Waals surface area contributed by atoms with Crippen molar-refractivity contribution in [2.45, 2.75) is 11.3 Å². The number of hydrogen-bond donors (Lipinski definition) is 1. The molecule has 2 amide bonds. The molecule has 1 fully saturated rings. The summed E-state index contributed by atoms with van der Waals surface area (Å²) in [5.74, 6) is -0.789. The van der Waals surface area contributed by atoms with Crippen molar-refractivity contribution in [1.29, 1.82) is 0 Å². The molecule has 1 saturated heterocycles. The van der Waals surface area contributed by atoms with Crippen molar-refractivity contribution in [2.75, 3.05) is 19.6 Å². The molecule has 1 heterocycles. The molecule has 160 valence electrons. The lowest BCUT2D eigenvalue weighted by Crippen LogP contribution is -2.43. The van der Waals surface area contributed by atoms with Gasteiger partial charge in [-0.2, -0.15) is 0 Å². The normalized spacial score (nSPS) is 16.7. The summed E-state index contributed by atoms with van der Waals surface area (Å²) in [6.07, 6.45) is 3.71. The third-order valence-corrected chi connectivity index (χ3v) is 5.17. The Balaban J connectivity index is 1.81. The number of nitrogens with zero attached hydrogens (tertiary/aromatic N) is 1. The minimum Gasteiger partial charge on any atom is -0.353 e. The number of likely N-dealkylation sites (tertiary alicyclic amines) is 1. The van der Waals surface area contributed by atoms with E-state index >= 15 is 0 Å². The minimum absolute atomic E-state index is 0.0721. The zero-order valence-electron chi connectivity index (χ0n) is 16.8. The Morgan fingerprint density at radius 2 is 1.39 bits per heavy atom. The van der Waals surface area contributed by atoms with Crippen LogP contribution >= 0.6 is 23.2 Å². The first-order valence-electron chi connectivity index (χ1n) is 9.83. The molecule has 0 unspecified atom stereocenters. The Morgan fingerprint density at radius 3 is 1.84 bits per heavy atom. The van der Waals surface area contributed by atoms with Gasteiger partial charge in [0.05, 0.1) is 0 Å². The van der Waals surface area contributed by atoms with E-state index in [9.17, 15) is 14.4 Å². The lowest BCUT2D eigenvalue weighted by Gasteiger charge is -2.30. The number of hydrogen-bond acceptors (Lipinski definition) is 3. The van der Waals surface area contributed by atoms with Gasteiger partial charge in [0.1, 0.15) is 0 Å². The highest BCUT2D eigenvalue weighted by atomic mass is 35.5. The van der Waals surface area contributed by atoms with E-state index < -0.39 is 10.7 Å². The van der Waals surface area contributed by atoms with Crippen molar-refractivity contribution < 1.29 is 14.4 Å². The molecule has 0 saturated carbocycles. The second-order valence-corrected chi connectivity index (χ2v) is 8.18. The molecule has 5 nitrogen and oxygen atoms in total. The minimum atomic E-state index is -1.18. The van der Waals surface area contributed by atoms with Crippen molar-refractivity contribution >= 4 is 53.0 Å². The van der Waals surface area contributed by atoms with Gasteiger partial charge >= 0.3 is 0 Å². The fourth-order valence-electron chi connectivity index (χ4n) is 3.24. The van der Waals surface area contributed by atoms with Crippen LogP contribution < -0.4 is 5.32 Å². The summed E-state index contributed by atoms with van der Waals surface area (Å²) in [4.78, 5) is 37.8. The third-order valence-electron chi connectivity index (χ3n) is 4.78. The maximum Gasteiger partial charge on any atom is 0.253 e. The van der Waals surface area contributed by atoms with E-state index in [1.165, 1.54) is 0 Å². The van der Waals surface area contributed by atoms with Crippen LogP contribution in [-0.2, 0) is 14.4 Å². The van der Waals surface area contributed by atoms with Crippen LogP contribution in [0.4, 0.5) is 0 Å². The Morgan fingerprint density at radius 1 is 0.903 bits per heavy atom. The van der Waals surface area contributed by atoms with Crippen molar-refractivity contribution in [1.82, 2.24) is 10.2 Å². The lowest BCUT2D eigenvalue weighted by atomic mass is 9.94. The number of piperidine rings is 1. The third kappa shape index (κ3) is 6.54. The summed E-state index contributed by atoms with van der Waals surface area (Å²) in [7, 11) is 0. The Hall–Kier alpha value is -2.89. The molecule has 0 spiro atoms. The number of amides is 2. The van der Waals surface area contributed by atoms with Crippen LogP contribution in [0, 0.1) is 0 Å². The van der Waals surface area contributed by atoms with Crippen molar-refractivity contribution in [3.05, 3.63) is 82.9 Å². The highest BCUT2D eigenvalue weighted by Gasteiger charge is 2.29. The molecule has 2 aromatic carbocycles. The van der Waals surface area contributed by atoms with E-state index in [1.54, 1.807) is 4.90 Å². The highest BCUT2D eigenvalue weighted by Crippen LogP contribution is 2.22. The molecule has 2 aromatic rings. The monoisotopic (exact) mass is 456 g/mol. The van der Waals surface area contributed by atoms with Crippen LogP contribution in [0.15, 0.2) is 71.8 Å². The fourth-order valence-corrected chi connectivity index (χ4v) is 3.40. The van der Waals surface area contributed by atoms with Crippen molar-refractivity contribution in [2.24, 2.45) is 0 Å². The van der Waals surface area contributed by atoms with Gasteiger partial charge < -0.3 is 10.2 Å². The van der Waals surface area contributed by atoms with Gasteiger partial charge in [0.2, 0.25) is 5.91 Å². The van der Waals surface area contributed by atoms with Gasteiger partial charge in [-0.25, -0.2) is 0 Å². The van der Waals surface area contributed by atoms with Crippen LogP contribution in [0.2, 0.25) is 0 Å². The van der Waals surface area contributed by atoms with E-state index in [0.29, 0.717) is 11.1 Å². The molecule has 3 rings (SSSR count). The summed E-state index contributed by atoms with van der Waals surface area (Å²) in [5.41, 5.74) is 2.86. The number of benzene rings is 2. The van der Waals surface area contributed by atoms with Gasteiger partial charge in [0.15, 0.2) is 10.6 Å². The predicted molar refractivity (Wildman–Crippen MR) is 124 cm³/mol. The average molecular weight is 457 g/mol. The number of carbonyl (C=O) groups excluding carboxylic acids is 3. The van der Waals surface area contributed by atoms with Gasteiger partial charge in [-0.1, -0.05) is 83.9 Å². The van der Waals surface area contributed by atoms with E-state index in [0.717, 1.165) is 11.1 Å². The van der Waals surface area contributed by atoms with Crippen LogP contribution in [0.1, 0.15) is 17.5 Å². The van der Waals surface area contributed by atoms with Gasteiger partial charge in [-0.3, -0.25) is 14.4 Å². The first-order valence-corrected chi connectivity index (χ1v) is 10.7. The molecule has 0 atom stereocenters. The van der Waals surface area contributed by atoms with Crippen LogP contribution in [0.5, 0.6) is 0 Å². The molecule has 0 aliphatic carbocycles. The van der Waals surface area contributed by atoms with Gasteiger partial charge in [-0.05, 0) is 23.3 Å².